The summed E-state index contributed by atoms with van der Waals surface area (Å²) in [7, 11) is 0. The summed E-state index contributed by atoms with van der Waals surface area (Å²) in [5.74, 6) is 0.847. The van der Waals surface area contributed by atoms with Gasteiger partial charge >= 0.3 is 0 Å². The molecule has 0 radical (unpaired) electrons. The number of allylic oxidation sites excluding steroid dienone is 2. The van der Waals surface area contributed by atoms with Crippen LogP contribution in [-0.2, 0) is 6.54 Å². The molecule has 0 unspecified atom stereocenters. The number of halogens is 3. The molecule has 0 amide bonds. The Balaban J connectivity index is 2.14. The topological polar surface area (TPSA) is 15.6 Å². The zero-order valence-electron chi connectivity index (χ0n) is 8.62. The number of amidine groups is 1. The van der Waals surface area contributed by atoms with E-state index in [2.05, 4.69) is 4.99 Å². The molecule has 2 nitrogen and oxygen atoms in total. The first-order valence-electron chi connectivity index (χ1n) is 5.02. The van der Waals surface area contributed by atoms with Gasteiger partial charge in [-0.1, -0.05) is 34.8 Å². The number of rotatable bonds is 0. The third-order valence-electron chi connectivity index (χ3n) is 2.67. The Hall–Kier alpha value is -0.960. The van der Waals surface area contributed by atoms with Gasteiger partial charge in [-0.3, -0.25) is 0 Å². The smallest absolute Gasteiger partial charge is 0.133 e. The molecule has 1 aromatic rings. The molecule has 0 aliphatic carbocycles. The fourth-order valence-corrected chi connectivity index (χ4v) is 2.60. The number of aliphatic imine (C=N–C) groups is 1. The highest BCUT2D eigenvalue weighted by Gasteiger charge is 2.21. The summed E-state index contributed by atoms with van der Waals surface area (Å²) >= 11 is 18.1. The molecule has 0 saturated heterocycles. The van der Waals surface area contributed by atoms with Crippen LogP contribution in [0.4, 0.5) is 5.69 Å². The molecule has 0 atom stereocenters. The van der Waals surface area contributed by atoms with Gasteiger partial charge in [-0.15, -0.1) is 0 Å². The molecule has 0 N–H and O–H groups in total. The van der Waals surface area contributed by atoms with E-state index in [1.165, 1.54) is 0 Å². The van der Waals surface area contributed by atoms with Gasteiger partial charge in [0.05, 0.1) is 17.3 Å². The molecule has 1 aromatic carbocycles. The van der Waals surface area contributed by atoms with E-state index in [1.54, 1.807) is 6.07 Å². The van der Waals surface area contributed by atoms with E-state index >= 15 is 0 Å². The molecule has 0 bridgehead atoms. The maximum atomic E-state index is 6.16. The molecule has 3 rings (SSSR count). The molecular weight excluding hydrogens is 279 g/mol. The largest absolute Gasteiger partial charge is 0.327 e. The molecule has 2 aliphatic heterocycles. The molecule has 0 aromatic heterocycles. The maximum Gasteiger partial charge on any atom is 0.133 e. The van der Waals surface area contributed by atoms with E-state index in [-0.39, 0.29) is 0 Å². The third-order valence-corrected chi connectivity index (χ3v) is 3.44. The van der Waals surface area contributed by atoms with Gasteiger partial charge in [0.2, 0.25) is 0 Å². The summed E-state index contributed by atoms with van der Waals surface area (Å²) in [6.07, 6.45) is 5.53. The first kappa shape index (κ1) is 11.1. The van der Waals surface area contributed by atoms with Crippen LogP contribution in [0.2, 0.25) is 10.0 Å². The number of hydrogen-bond donors (Lipinski definition) is 0. The molecule has 0 saturated carbocycles. The van der Waals surface area contributed by atoms with Crippen LogP contribution in [0.25, 0.3) is 0 Å². The maximum absolute atomic E-state index is 6.16. The minimum atomic E-state index is 0.597. The molecule has 0 spiro atoms. The van der Waals surface area contributed by atoms with Crippen molar-refractivity contribution in [3.63, 3.8) is 0 Å². The van der Waals surface area contributed by atoms with Crippen molar-refractivity contribution in [1.29, 1.82) is 0 Å². The molecular formula is C12H7Cl3N2. The van der Waals surface area contributed by atoms with Gasteiger partial charge in [-0.25, -0.2) is 4.99 Å². The quantitative estimate of drug-likeness (QED) is 0.686. The lowest BCUT2D eigenvalue weighted by Gasteiger charge is -2.28. The van der Waals surface area contributed by atoms with Crippen LogP contribution in [0.3, 0.4) is 0 Å². The average molecular weight is 286 g/mol. The van der Waals surface area contributed by atoms with Crippen LogP contribution in [0.1, 0.15) is 5.56 Å². The second-order valence-corrected chi connectivity index (χ2v) is 5.11. The minimum absolute atomic E-state index is 0.597. The Morgan fingerprint density at radius 1 is 1.12 bits per heavy atom. The van der Waals surface area contributed by atoms with E-state index in [0.717, 1.165) is 17.1 Å². The number of hydrogen-bond acceptors (Lipinski definition) is 2. The third kappa shape index (κ3) is 1.97. The lowest BCUT2D eigenvalue weighted by Crippen LogP contribution is -2.28. The summed E-state index contributed by atoms with van der Waals surface area (Å²) in [5.41, 5.74) is 1.79. The molecule has 0 fully saturated rings. The number of nitrogens with zero attached hydrogens (tertiary/aromatic N) is 2. The minimum Gasteiger partial charge on any atom is -0.327 e. The van der Waals surface area contributed by atoms with Gasteiger partial charge in [-0.2, -0.15) is 0 Å². The second-order valence-electron chi connectivity index (χ2n) is 3.83. The summed E-state index contributed by atoms with van der Waals surface area (Å²) in [4.78, 5) is 6.47. The molecule has 17 heavy (non-hydrogen) atoms. The Labute approximate surface area is 114 Å². The first-order valence-corrected chi connectivity index (χ1v) is 6.15. The number of fused-ring (bicyclic) bond motifs is 2. The van der Waals surface area contributed by atoms with Crippen molar-refractivity contribution in [1.82, 2.24) is 4.90 Å². The monoisotopic (exact) mass is 284 g/mol. The summed E-state index contributed by atoms with van der Waals surface area (Å²) in [5, 5.41) is 1.91. The lowest BCUT2D eigenvalue weighted by molar-refractivity contribution is 0.543. The highest BCUT2D eigenvalue weighted by molar-refractivity contribution is 6.36. The molecule has 2 aliphatic rings. The Bertz CT molecular complexity index is 588. The van der Waals surface area contributed by atoms with Crippen molar-refractivity contribution in [3.8, 4) is 0 Å². The first-order chi connectivity index (χ1) is 8.13. The Morgan fingerprint density at radius 3 is 2.76 bits per heavy atom. The van der Waals surface area contributed by atoms with Crippen LogP contribution in [-0.4, -0.2) is 10.7 Å². The SMILES string of the molecule is ClC1=CN2Cc3c(Cl)cc(Cl)cc3N=C2C=C1. The van der Waals surface area contributed by atoms with Crippen molar-refractivity contribution in [2.45, 2.75) is 6.54 Å². The van der Waals surface area contributed by atoms with Crippen LogP contribution in [0.15, 0.2) is 40.5 Å². The van der Waals surface area contributed by atoms with Crippen molar-refractivity contribution in [2.75, 3.05) is 0 Å². The van der Waals surface area contributed by atoms with E-state index in [4.69, 9.17) is 34.8 Å². The summed E-state index contributed by atoms with van der Waals surface area (Å²) in [6.45, 7) is 0.657. The highest BCUT2D eigenvalue weighted by atomic mass is 35.5. The van der Waals surface area contributed by atoms with Crippen molar-refractivity contribution < 1.29 is 0 Å². The van der Waals surface area contributed by atoms with Crippen LogP contribution >= 0.6 is 34.8 Å². The van der Waals surface area contributed by atoms with Gasteiger partial charge in [0.25, 0.3) is 0 Å². The summed E-state index contributed by atoms with van der Waals surface area (Å²) in [6, 6.07) is 3.55. The van der Waals surface area contributed by atoms with Crippen LogP contribution in [0.5, 0.6) is 0 Å². The zero-order chi connectivity index (χ0) is 12.0. The fraction of sp³-hybridized carbons (Fsp3) is 0.0833. The second kappa shape index (κ2) is 4.05. The predicted molar refractivity (Wildman–Crippen MR) is 72.2 cm³/mol. The van der Waals surface area contributed by atoms with Crippen LogP contribution in [0, 0.1) is 0 Å². The average Bonchev–Trinajstić information content (AvgIpc) is 2.27. The zero-order valence-corrected chi connectivity index (χ0v) is 10.9. The molecule has 5 heteroatoms. The van der Waals surface area contributed by atoms with Gasteiger partial charge in [-0.05, 0) is 24.3 Å². The van der Waals surface area contributed by atoms with Gasteiger partial charge in [0.1, 0.15) is 5.84 Å². The normalized spacial score (nSPS) is 17.2. The van der Waals surface area contributed by atoms with E-state index < -0.39 is 0 Å². The summed E-state index contributed by atoms with van der Waals surface area (Å²) < 4.78 is 0. The van der Waals surface area contributed by atoms with Gasteiger partial charge < -0.3 is 4.90 Å². The van der Waals surface area contributed by atoms with Crippen molar-refractivity contribution in [2.24, 2.45) is 4.99 Å². The van der Waals surface area contributed by atoms with Gasteiger partial charge in [0, 0.05) is 21.8 Å². The van der Waals surface area contributed by atoms with Crippen LogP contribution < -0.4 is 0 Å². The van der Waals surface area contributed by atoms with Crippen molar-refractivity contribution >= 4 is 46.3 Å². The standard InChI is InChI=1S/C12H7Cl3N2/c13-7-1-2-12-16-11-4-8(14)3-10(15)9(11)6-17(12)5-7/h1-5H,6H2. The van der Waals surface area contributed by atoms with E-state index in [9.17, 15) is 0 Å². The lowest BCUT2D eigenvalue weighted by atomic mass is 10.1. The molecule has 86 valence electrons. The Morgan fingerprint density at radius 2 is 1.94 bits per heavy atom. The van der Waals surface area contributed by atoms with Gasteiger partial charge in [0.15, 0.2) is 0 Å². The highest BCUT2D eigenvalue weighted by Crippen LogP contribution is 2.36. The number of benzene rings is 1. The fourth-order valence-electron chi connectivity index (χ4n) is 1.88. The predicted octanol–water partition coefficient (Wildman–Crippen LogP) is 4.49. The molecule has 2 heterocycles. The Kier molecular flexibility index (Phi) is 2.66. The van der Waals surface area contributed by atoms with E-state index in [1.807, 2.05) is 29.3 Å². The van der Waals surface area contributed by atoms with Crippen molar-refractivity contribution in [3.05, 3.63) is 51.1 Å². The van der Waals surface area contributed by atoms with E-state index in [0.29, 0.717) is 21.6 Å².